The molecule has 0 bridgehead atoms. The third-order valence-electron chi connectivity index (χ3n) is 6.32. The molecule has 11 heteroatoms. The molecule has 2 amide bonds. The molecule has 1 saturated carbocycles. The Bertz CT molecular complexity index is 1190. The van der Waals surface area contributed by atoms with E-state index in [0.717, 1.165) is 30.0 Å². The van der Waals surface area contributed by atoms with Crippen LogP contribution in [-0.4, -0.2) is 55.1 Å². The quantitative estimate of drug-likeness (QED) is 0.426. The highest BCUT2D eigenvalue weighted by Gasteiger charge is 2.33. The first-order chi connectivity index (χ1) is 17.0. The minimum atomic E-state index is -3.96. The number of amides is 2. The first-order valence-electron chi connectivity index (χ1n) is 11.8. The van der Waals surface area contributed by atoms with Crippen LogP contribution in [0.15, 0.2) is 47.4 Å². The number of nitrogens with zero attached hydrogens (tertiary/aromatic N) is 2. The molecule has 0 unspecified atom stereocenters. The van der Waals surface area contributed by atoms with Crippen LogP contribution >= 0.6 is 34.8 Å². The maximum absolute atomic E-state index is 13.6. The summed E-state index contributed by atoms with van der Waals surface area (Å²) in [5, 5.41) is 4.26. The third kappa shape index (κ3) is 7.13. The molecule has 7 nitrogen and oxygen atoms in total. The fourth-order valence-electron chi connectivity index (χ4n) is 4.27. The van der Waals surface area contributed by atoms with Crippen LogP contribution in [0.4, 0.5) is 0 Å². The summed E-state index contributed by atoms with van der Waals surface area (Å²) in [4.78, 5) is 28.2. The van der Waals surface area contributed by atoms with E-state index in [1.807, 2.05) is 6.92 Å². The summed E-state index contributed by atoms with van der Waals surface area (Å²) in [6.07, 6.45) is 4.27. The van der Waals surface area contributed by atoms with Crippen LogP contribution in [0.25, 0.3) is 0 Å². The SMILES string of the molecule is CC[C@@H](C(=O)NC1CCCC1)N(Cc1ccc(Cl)cc1Cl)C(=O)CN(C)S(=O)(=O)c1ccc(Cl)cc1. The zero-order valence-corrected chi connectivity index (χ0v) is 23.3. The molecule has 196 valence electrons. The summed E-state index contributed by atoms with van der Waals surface area (Å²) >= 11 is 18.3. The van der Waals surface area contributed by atoms with Crippen molar-refractivity contribution in [1.29, 1.82) is 0 Å². The van der Waals surface area contributed by atoms with Gasteiger partial charge >= 0.3 is 0 Å². The van der Waals surface area contributed by atoms with Gasteiger partial charge in [0.15, 0.2) is 0 Å². The van der Waals surface area contributed by atoms with E-state index in [9.17, 15) is 18.0 Å². The van der Waals surface area contributed by atoms with Gasteiger partial charge in [0.05, 0.1) is 11.4 Å². The van der Waals surface area contributed by atoms with Gasteiger partial charge in [0.1, 0.15) is 6.04 Å². The van der Waals surface area contributed by atoms with E-state index >= 15 is 0 Å². The number of halogens is 3. The summed E-state index contributed by atoms with van der Waals surface area (Å²) in [7, 11) is -2.63. The third-order valence-corrected chi connectivity index (χ3v) is 8.98. The van der Waals surface area contributed by atoms with Crippen molar-refractivity contribution in [1.82, 2.24) is 14.5 Å². The van der Waals surface area contributed by atoms with Gasteiger partial charge in [-0.05, 0) is 61.2 Å². The molecule has 2 aromatic rings. The maximum atomic E-state index is 13.6. The summed E-state index contributed by atoms with van der Waals surface area (Å²) in [5.74, 6) is -0.777. The lowest BCUT2D eigenvalue weighted by Gasteiger charge is -2.33. The van der Waals surface area contributed by atoms with E-state index < -0.39 is 28.5 Å². The van der Waals surface area contributed by atoms with E-state index in [1.54, 1.807) is 18.2 Å². The number of sulfonamides is 1. The molecule has 1 aliphatic carbocycles. The lowest BCUT2D eigenvalue weighted by atomic mass is 10.1. The van der Waals surface area contributed by atoms with E-state index in [0.29, 0.717) is 27.1 Å². The molecule has 0 saturated heterocycles. The largest absolute Gasteiger partial charge is 0.352 e. The molecule has 0 radical (unpaired) electrons. The van der Waals surface area contributed by atoms with Crippen molar-refractivity contribution in [2.24, 2.45) is 0 Å². The number of hydrogen-bond donors (Lipinski definition) is 1. The van der Waals surface area contributed by atoms with Gasteiger partial charge in [-0.2, -0.15) is 4.31 Å². The molecule has 3 rings (SSSR count). The Labute approximate surface area is 227 Å². The van der Waals surface area contributed by atoms with Crippen LogP contribution in [0.1, 0.15) is 44.6 Å². The van der Waals surface area contributed by atoms with E-state index in [2.05, 4.69) is 5.32 Å². The smallest absolute Gasteiger partial charge is 0.243 e. The minimum Gasteiger partial charge on any atom is -0.352 e. The zero-order valence-electron chi connectivity index (χ0n) is 20.2. The molecular weight excluding hydrogens is 545 g/mol. The second-order valence-corrected chi connectivity index (χ2v) is 12.2. The molecule has 0 aromatic heterocycles. The minimum absolute atomic E-state index is 0.0144. The van der Waals surface area contributed by atoms with Crippen molar-refractivity contribution in [2.75, 3.05) is 13.6 Å². The predicted molar refractivity (Wildman–Crippen MR) is 143 cm³/mol. The summed E-state index contributed by atoms with van der Waals surface area (Å²) in [5.41, 5.74) is 0.602. The Balaban J connectivity index is 1.86. The van der Waals surface area contributed by atoms with Crippen LogP contribution in [0.2, 0.25) is 15.1 Å². The maximum Gasteiger partial charge on any atom is 0.243 e. The lowest BCUT2D eigenvalue weighted by molar-refractivity contribution is -0.141. The van der Waals surface area contributed by atoms with Gasteiger partial charge in [0, 0.05) is 34.7 Å². The van der Waals surface area contributed by atoms with Crippen molar-refractivity contribution in [3.8, 4) is 0 Å². The average molecular weight is 575 g/mol. The first kappa shape index (κ1) is 28.7. The van der Waals surface area contributed by atoms with Crippen molar-refractivity contribution >= 4 is 56.6 Å². The highest BCUT2D eigenvalue weighted by atomic mass is 35.5. The second-order valence-electron chi connectivity index (χ2n) is 8.89. The standard InChI is InChI=1S/C25H30Cl3N3O4S/c1-3-23(25(33)29-20-6-4-5-7-20)31(15-17-8-9-19(27)14-22(17)28)24(32)16-30(2)36(34,35)21-12-10-18(26)11-13-21/h8-14,20,23H,3-7,15-16H2,1-2H3,(H,29,33)/t23-/m0/s1. The van der Waals surface area contributed by atoms with E-state index in [4.69, 9.17) is 34.8 Å². The number of likely N-dealkylation sites (N-methyl/N-ethyl adjacent to an activating group) is 1. The molecule has 36 heavy (non-hydrogen) atoms. The molecular formula is C25H30Cl3N3O4S. The molecule has 1 fully saturated rings. The van der Waals surface area contributed by atoms with Gasteiger partial charge in [-0.25, -0.2) is 8.42 Å². The highest BCUT2D eigenvalue weighted by Crippen LogP contribution is 2.25. The lowest BCUT2D eigenvalue weighted by Crippen LogP contribution is -2.53. The topological polar surface area (TPSA) is 86.8 Å². The van der Waals surface area contributed by atoms with E-state index in [1.165, 1.54) is 36.2 Å². The molecule has 2 aromatic carbocycles. The number of hydrogen-bond acceptors (Lipinski definition) is 4. The molecule has 0 spiro atoms. The Morgan fingerprint density at radius 3 is 2.22 bits per heavy atom. The Morgan fingerprint density at radius 2 is 1.64 bits per heavy atom. The van der Waals surface area contributed by atoms with Crippen molar-refractivity contribution < 1.29 is 18.0 Å². The fourth-order valence-corrected chi connectivity index (χ4v) is 5.99. The first-order valence-corrected chi connectivity index (χ1v) is 14.4. The van der Waals surface area contributed by atoms with Gasteiger partial charge in [-0.15, -0.1) is 0 Å². The van der Waals surface area contributed by atoms with E-state index in [-0.39, 0.29) is 23.4 Å². The van der Waals surface area contributed by atoms with Crippen LogP contribution in [0, 0.1) is 0 Å². The molecule has 1 N–H and O–H groups in total. The van der Waals surface area contributed by atoms with Crippen molar-refractivity contribution in [3.63, 3.8) is 0 Å². The summed E-state index contributed by atoms with van der Waals surface area (Å²) in [6.45, 7) is 1.39. The van der Waals surface area contributed by atoms with Gasteiger partial charge in [0.25, 0.3) is 0 Å². The number of benzene rings is 2. The van der Waals surface area contributed by atoms with Crippen LogP contribution in [0.3, 0.4) is 0 Å². The van der Waals surface area contributed by atoms with Crippen LogP contribution < -0.4 is 5.32 Å². The van der Waals surface area contributed by atoms with Crippen LogP contribution in [-0.2, 0) is 26.2 Å². The predicted octanol–water partition coefficient (Wildman–Crippen LogP) is 5.13. The molecule has 0 heterocycles. The Hall–Kier alpha value is -1.84. The number of nitrogens with one attached hydrogen (secondary N) is 1. The summed E-state index contributed by atoms with van der Waals surface area (Å²) in [6, 6.07) is 9.91. The molecule has 0 aliphatic heterocycles. The Kier molecular flexibility index (Phi) is 10.1. The number of carbonyl (C=O) groups is 2. The zero-order chi connectivity index (χ0) is 26.5. The highest BCUT2D eigenvalue weighted by molar-refractivity contribution is 7.89. The fraction of sp³-hybridized carbons (Fsp3) is 0.440. The number of carbonyl (C=O) groups excluding carboxylic acids is 2. The van der Waals surface area contributed by atoms with Crippen molar-refractivity contribution in [3.05, 3.63) is 63.1 Å². The Morgan fingerprint density at radius 1 is 1.03 bits per heavy atom. The van der Waals surface area contributed by atoms with Crippen LogP contribution in [0.5, 0.6) is 0 Å². The van der Waals surface area contributed by atoms with Gasteiger partial charge < -0.3 is 10.2 Å². The van der Waals surface area contributed by atoms with Crippen molar-refractivity contribution in [2.45, 2.75) is 62.6 Å². The monoisotopic (exact) mass is 573 g/mol. The number of rotatable bonds is 10. The molecule has 1 atom stereocenters. The summed E-state index contributed by atoms with van der Waals surface area (Å²) < 4.78 is 27.1. The van der Waals surface area contributed by atoms with Gasteiger partial charge in [0.2, 0.25) is 21.8 Å². The molecule has 1 aliphatic rings. The second kappa shape index (κ2) is 12.6. The van der Waals surface area contributed by atoms with Gasteiger partial charge in [-0.1, -0.05) is 60.6 Å². The normalized spacial score (nSPS) is 15.2. The van der Waals surface area contributed by atoms with Gasteiger partial charge in [-0.3, -0.25) is 9.59 Å². The average Bonchev–Trinajstić information content (AvgIpc) is 3.33.